The van der Waals surface area contributed by atoms with E-state index in [2.05, 4.69) is 48.7 Å². The summed E-state index contributed by atoms with van der Waals surface area (Å²) >= 11 is 1.94. The van der Waals surface area contributed by atoms with Gasteiger partial charge in [0.1, 0.15) is 0 Å². The van der Waals surface area contributed by atoms with Crippen LogP contribution < -0.4 is 21.2 Å². The summed E-state index contributed by atoms with van der Waals surface area (Å²) in [5.74, 6) is 0. The van der Waals surface area contributed by atoms with Crippen molar-refractivity contribution < 1.29 is 21.2 Å². The maximum absolute atomic E-state index is 2.25. The fourth-order valence-corrected chi connectivity index (χ4v) is 4.64. The van der Waals surface area contributed by atoms with Crippen LogP contribution in [-0.2, 0) is 0 Å². The molecule has 1 aromatic heterocycles. The molecule has 0 unspecified atom stereocenters. The molecule has 0 amide bonds. The molecule has 0 saturated heterocycles. The van der Waals surface area contributed by atoms with Crippen molar-refractivity contribution in [2.45, 2.75) is 6.92 Å². The van der Waals surface area contributed by atoms with Gasteiger partial charge >= 0.3 is 93.3 Å². The van der Waals surface area contributed by atoms with Crippen LogP contribution in [0.5, 0.6) is 0 Å². The molecule has 0 aliphatic heterocycles. The third-order valence-corrected chi connectivity index (χ3v) is 5.87. The number of rotatable bonds is 2. The molecule has 2 aromatic rings. The van der Waals surface area contributed by atoms with Crippen molar-refractivity contribution in [2.24, 2.45) is 0 Å². The van der Waals surface area contributed by atoms with Crippen LogP contribution in [-0.4, -0.2) is 0 Å². The van der Waals surface area contributed by atoms with Gasteiger partial charge in [-0.15, -0.1) is 0 Å². The first kappa shape index (κ1) is 9.21. The van der Waals surface area contributed by atoms with Gasteiger partial charge in [-0.05, 0) is 0 Å². The molecule has 0 N–H and O–H groups in total. The summed E-state index contributed by atoms with van der Waals surface area (Å²) in [7, 11) is 0. The van der Waals surface area contributed by atoms with Crippen LogP contribution in [0, 0.1) is 13.4 Å². The van der Waals surface area contributed by atoms with E-state index < -0.39 is 0 Å². The first-order chi connectivity index (χ1) is 6.34. The van der Waals surface area contributed by atoms with Gasteiger partial charge in [0.2, 0.25) is 0 Å². The number of hydrogen-bond donors (Lipinski definition) is 0. The molecule has 13 heavy (non-hydrogen) atoms. The van der Waals surface area contributed by atoms with E-state index in [0.29, 0.717) is 0 Å². The van der Waals surface area contributed by atoms with Crippen molar-refractivity contribution in [1.82, 2.24) is 0 Å². The predicted octanol–water partition coefficient (Wildman–Crippen LogP) is 0.185. The Hall–Kier alpha value is -0.350. The molecule has 0 aliphatic carbocycles. The summed E-state index contributed by atoms with van der Waals surface area (Å²) in [5, 5.41) is 2.16. The van der Waals surface area contributed by atoms with E-state index in [1.165, 1.54) is 9.13 Å². The minimum atomic E-state index is 0.0720. The number of hydrogen-bond acceptors (Lipinski definition) is 1. The Morgan fingerprint density at radius 1 is 1.08 bits per heavy atom. The molecule has 0 aliphatic rings. The van der Waals surface area contributed by atoms with E-state index in [1.807, 2.05) is 11.3 Å². The molecule has 0 atom stereocenters. The van der Waals surface area contributed by atoms with Crippen LogP contribution in [0.15, 0.2) is 41.8 Å². The summed E-state index contributed by atoms with van der Waals surface area (Å²) in [6, 6.07) is 13.3. The van der Waals surface area contributed by atoms with Crippen LogP contribution in [0.1, 0.15) is 5.56 Å². The molecular weight excluding hydrogens is 291 g/mol. The van der Waals surface area contributed by atoms with Crippen molar-refractivity contribution in [3.8, 4) is 0 Å². The fourth-order valence-electron chi connectivity index (χ4n) is 1.02. The summed E-state index contributed by atoms with van der Waals surface area (Å²) < 4.78 is 3.05. The summed E-state index contributed by atoms with van der Waals surface area (Å²) in [6.07, 6.45) is 0. The zero-order valence-corrected chi connectivity index (χ0v) is 10.3. The van der Waals surface area contributed by atoms with Crippen LogP contribution in [0.3, 0.4) is 0 Å². The fraction of sp³-hybridized carbons (Fsp3) is 0.0909. The SMILES string of the molecule is Cc1ccc([I-]c2cccs2)cc1. The Kier molecular flexibility index (Phi) is 3.01. The molecule has 2 heteroatoms. The van der Waals surface area contributed by atoms with E-state index in [-0.39, 0.29) is 21.2 Å². The topological polar surface area (TPSA) is 0 Å². The first-order valence-electron chi connectivity index (χ1n) is 4.09. The molecule has 68 valence electrons. The number of thiophene rings is 1. The predicted molar refractivity (Wildman–Crippen MR) is 52.9 cm³/mol. The van der Waals surface area contributed by atoms with Crippen molar-refractivity contribution in [3.63, 3.8) is 0 Å². The molecule has 0 bridgehead atoms. The van der Waals surface area contributed by atoms with Gasteiger partial charge in [-0.25, -0.2) is 0 Å². The standard InChI is InChI=1S/C11H10IS/c1-9-4-6-10(7-5-9)12-11-3-2-8-13-11/h2-8H,1H3/q-1. The van der Waals surface area contributed by atoms with Crippen LogP contribution in [0.2, 0.25) is 0 Å². The van der Waals surface area contributed by atoms with Gasteiger partial charge in [0.05, 0.1) is 0 Å². The second-order valence-electron chi connectivity index (χ2n) is 2.81. The monoisotopic (exact) mass is 301 g/mol. The van der Waals surface area contributed by atoms with E-state index in [1.54, 1.807) is 2.88 Å². The van der Waals surface area contributed by atoms with E-state index in [9.17, 15) is 0 Å². The maximum atomic E-state index is 2.25. The van der Waals surface area contributed by atoms with Crippen molar-refractivity contribution in [1.29, 1.82) is 0 Å². The van der Waals surface area contributed by atoms with E-state index in [4.69, 9.17) is 0 Å². The van der Waals surface area contributed by atoms with E-state index >= 15 is 0 Å². The molecule has 0 nitrogen and oxygen atoms in total. The summed E-state index contributed by atoms with van der Waals surface area (Å²) in [4.78, 5) is 0. The van der Waals surface area contributed by atoms with Gasteiger partial charge in [0.25, 0.3) is 0 Å². The Bertz CT molecular complexity index is 361. The Balaban J connectivity index is 2.15. The molecule has 2 rings (SSSR count). The Morgan fingerprint density at radius 3 is 2.46 bits per heavy atom. The van der Waals surface area contributed by atoms with Gasteiger partial charge in [-0.1, -0.05) is 0 Å². The zero-order chi connectivity index (χ0) is 9.10. The normalized spacial score (nSPS) is 10.5. The van der Waals surface area contributed by atoms with Crippen LogP contribution in [0.25, 0.3) is 0 Å². The number of benzene rings is 1. The Labute approximate surface area is 92.9 Å². The molecule has 0 spiro atoms. The average Bonchev–Trinajstić information content (AvgIpc) is 2.62. The van der Waals surface area contributed by atoms with Gasteiger partial charge < -0.3 is 0 Å². The Morgan fingerprint density at radius 2 is 1.85 bits per heavy atom. The molecule has 1 aromatic carbocycles. The molecule has 1 heterocycles. The van der Waals surface area contributed by atoms with Crippen molar-refractivity contribution in [3.05, 3.63) is 53.8 Å². The molecule has 0 radical (unpaired) electrons. The second-order valence-corrected chi connectivity index (χ2v) is 7.43. The van der Waals surface area contributed by atoms with Gasteiger partial charge in [0, 0.05) is 0 Å². The van der Waals surface area contributed by atoms with Gasteiger partial charge in [0.15, 0.2) is 0 Å². The minimum absolute atomic E-state index is 0.0720. The van der Waals surface area contributed by atoms with Crippen LogP contribution >= 0.6 is 11.3 Å². The number of aryl methyl sites for hydroxylation is 1. The second kappa shape index (κ2) is 4.24. The van der Waals surface area contributed by atoms with Crippen molar-refractivity contribution >= 4 is 11.3 Å². The average molecular weight is 301 g/mol. The zero-order valence-electron chi connectivity index (χ0n) is 7.33. The molecule has 0 fully saturated rings. The van der Waals surface area contributed by atoms with Gasteiger partial charge in [-0.2, -0.15) is 0 Å². The quantitative estimate of drug-likeness (QED) is 0.695. The van der Waals surface area contributed by atoms with Crippen molar-refractivity contribution in [2.75, 3.05) is 0 Å². The van der Waals surface area contributed by atoms with Crippen LogP contribution in [0.4, 0.5) is 0 Å². The number of halogens is 1. The summed E-state index contributed by atoms with van der Waals surface area (Å²) in [5.41, 5.74) is 1.35. The third kappa shape index (κ3) is 2.54. The first-order valence-corrected chi connectivity index (χ1v) is 7.13. The third-order valence-electron chi connectivity index (χ3n) is 1.70. The molecule has 0 saturated carbocycles. The van der Waals surface area contributed by atoms with Gasteiger partial charge in [-0.3, -0.25) is 0 Å². The molecular formula is C11H10IS-. The summed E-state index contributed by atoms with van der Waals surface area (Å²) in [6.45, 7) is 2.13. The van der Waals surface area contributed by atoms with E-state index in [0.717, 1.165) is 0 Å².